The van der Waals surface area contributed by atoms with E-state index in [-0.39, 0.29) is 23.9 Å². The van der Waals surface area contributed by atoms with E-state index in [0.29, 0.717) is 26.0 Å². The molecule has 0 saturated heterocycles. The van der Waals surface area contributed by atoms with E-state index in [4.69, 9.17) is 4.74 Å². The molecule has 5 heteroatoms. The molecular formula is C12H23NO4. The van der Waals surface area contributed by atoms with Gasteiger partial charge in [-0.2, -0.15) is 0 Å². The summed E-state index contributed by atoms with van der Waals surface area (Å²) < 4.78 is 9.47. The molecule has 0 saturated carbocycles. The van der Waals surface area contributed by atoms with Crippen molar-refractivity contribution in [2.45, 2.75) is 39.7 Å². The van der Waals surface area contributed by atoms with Crippen LogP contribution in [0.25, 0.3) is 0 Å². The van der Waals surface area contributed by atoms with Crippen molar-refractivity contribution in [1.29, 1.82) is 0 Å². The number of carbonyl (C=O) groups excluding carboxylic acids is 2. The normalized spacial score (nSPS) is 13.9. The predicted molar refractivity (Wildman–Crippen MR) is 64.5 cm³/mol. The van der Waals surface area contributed by atoms with Crippen molar-refractivity contribution in [2.75, 3.05) is 20.3 Å². The molecule has 100 valence electrons. The molecule has 0 aromatic heterocycles. The number of esters is 2. The lowest BCUT2D eigenvalue weighted by atomic mass is 10.0. The van der Waals surface area contributed by atoms with E-state index < -0.39 is 0 Å². The summed E-state index contributed by atoms with van der Waals surface area (Å²) in [6.45, 7) is 6.63. The average Bonchev–Trinajstić information content (AvgIpc) is 2.32. The molecular weight excluding hydrogens is 222 g/mol. The third-order valence-corrected chi connectivity index (χ3v) is 2.65. The zero-order chi connectivity index (χ0) is 13.3. The zero-order valence-corrected chi connectivity index (χ0v) is 11.1. The Hall–Kier alpha value is -1.10. The van der Waals surface area contributed by atoms with Gasteiger partial charge in [-0.05, 0) is 26.8 Å². The molecule has 0 aliphatic carbocycles. The number of rotatable bonds is 8. The van der Waals surface area contributed by atoms with Crippen LogP contribution in [0.5, 0.6) is 0 Å². The lowest BCUT2D eigenvalue weighted by Crippen LogP contribution is -2.37. The van der Waals surface area contributed by atoms with Crippen LogP contribution in [0.1, 0.15) is 33.6 Å². The van der Waals surface area contributed by atoms with Gasteiger partial charge in [-0.25, -0.2) is 0 Å². The van der Waals surface area contributed by atoms with Crippen LogP contribution in [0.3, 0.4) is 0 Å². The SMILES string of the molecule is CCOC(=O)CCCNC(C)C(C)C(=O)OC. The molecule has 0 spiro atoms. The Morgan fingerprint density at radius 2 is 1.94 bits per heavy atom. The smallest absolute Gasteiger partial charge is 0.309 e. The van der Waals surface area contributed by atoms with Gasteiger partial charge in [0.1, 0.15) is 0 Å². The van der Waals surface area contributed by atoms with E-state index in [2.05, 4.69) is 10.1 Å². The Bertz CT molecular complexity index is 243. The Labute approximate surface area is 103 Å². The lowest BCUT2D eigenvalue weighted by Gasteiger charge is -2.19. The van der Waals surface area contributed by atoms with Crippen LogP contribution in [0.2, 0.25) is 0 Å². The monoisotopic (exact) mass is 245 g/mol. The Balaban J connectivity index is 3.67. The van der Waals surface area contributed by atoms with Crippen LogP contribution in [0, 0.1) is 5.92 Å². The third kappa shape index (κ3) is 6.94. The first-order chi connectivity index (χ1) is 8.02. The van der Waals surface area contributed by atoms with Crippen molar-refractivity contribution in [2.24, 2.45) is 5.92 Å². The molecule has 0 fully saturated rings. The number of ether oxygens (including phenoxy) is 2. The van der Waals surface area contributed by atoms with Crippen LogP contribution < -0.4 is 5.32 Å². The number of hydrogen-bond donors (Lipinski definition) is 1. The summed E-state index contributed by atoms with van der Waals surface area (Å²) in [7, 11) is 1.38. The molecule has 0 amide bonds. The molecule has 2 unspecified atom stereocenters. The second-order valence-electron chi connectivity index (χ2n) is 3.96. The molecule has 2 atom stereocenters. The van der Waals surface area contributed by atoms with Gasteiger partial charge in [0.05, 0.1) is 19.6 Å². The summed E-state index contributed by atoms with van der Waals surface area (Å²) in [5, 5.41) is 3.19. The Kier molecular flexibility index (Phi) is 8.40. The third-order valence-electron chi connectivity index (χ3n) is 2.65. The van der Waals surface area contributed by atoms with Crippen LogP contribution in [0.15, 0.2) is 0 Å². The van der Waals surface area contributed by atoms with Gasteiger partial charge in [0.25, 0.3) is 0 Å². The summed E-state index contributed by atoms with van der Waals surface area (Å²) in [5.41, 5.74) is 0. The van der Waals surface area contributed by atoms with E-state index >= 15 is 0 Å². The average molecular weight is 245 g/mol. The van der Waals surface area contributed by atoms with Crippen molar-refractivity contribution in [3.8, 4) is 0 Å². The van der Waals surface area contributed by atoms with Crippen LogP contribution >= 0.6 is 0 Å². The maximum Gasteiger partial charge on any atom is 0.309 e. The van der Waals surface area contributed by atoms with Crippen LogP contribution in [0.4, 0.5) is 0 Å². The topological polar surface area (TPSA) is 64.6 Å². The van der Waals surface area contributed by atoms with Crippen molar-refractivity contribution < 1.29 is 19.1 Å². The van der Waals surface area contributed by atoms with E-state index in [1.165, 1.54) is 7.11 Å². The first kappa shape index (κ1) is 15.9. The molecule has 1 N–H and O–H groups in total. The molecule has 0 aromatic carbocycles. The van der Waals surface area contributed by atoms with Crippen molar-refractivity contribution in [1.82, 2.24) is 5.32 Å². The van der Waals surface area contributed by atoms with Gasteiger partial charge in [0.2, 0.25) is 0 Å². The minimum absolute atomic E-state index is 0.0321. The van der Waals surface area contributed by atoms with E-state index in [1.807, 2.05) is 13.8 Å². The van der Waals surface area contributed by atoms with Crippen molar-refractivity contribution in [3.05, 3.63) is 0 Å². The maximum atomic E-state index is 11.2. The van der Waals surface area contributed by atoms with Gasteiger partial charge in [0.15, 0.2) is 0 Å². The van der Waals surface area contributed by atoms with Crippen LogP contribution in [-0.4, -0.2) is 38.2 Å². The first-order valence-electron chi connectivity index (χ1n) is 5.99. The highest BCUT2D eigenvalue weighted by atomic mass is 16.5. The van der Waals surface area contributed by atoms with Gasteiger partial charge in [-0.15, -0.1) is 0 Å². The second kappa shape index (κ2) is 8.98. The highest BCUT2D eigenvalue weighted by Gasteiger charge is 2.19. The Morgan fingerprint density at radius 1 is 1.29 bits per heavy atom. The lowest BCUT2D eigenvalue weighted by molar-refractivity contribution is -0.146. The molecule has 0 heterocycles. The zero-order valence-electron chi connectivity index (χ0n) is 11.1. The standard InChI is InChI=1S/C12H23NO4/c1-5-17-11(14)7-6-8-13-10(3)9(2)12(15)16-4/h9-10,13H,5-8H2,1-4H3. The van der Waals surface area contributed by atoms with E-state index in [1.54, 1.807) is 6.92 Å². The largest absolute Gasteiger partial charge is 0.469 e. The molecule has 0 bridgehead atoms. The summed E-state index contributed by atoms with van der Waals surface area (Å²) in [6.07, 6.45) is 1.11. The fourth-order valence-corrected chi connectivity index (χ4v) is 1.36. The second-order valence-corrected chi connectivity index (χ2v) is 3.96. The highest BCUT2D eigenvalue weighted by Crippen LogP contribution is 2.04. The molecule has 17 heavy (non-hydrogen) atoms. The summed E-state index contributed by atoms with van der Waals surface area (Å²) in [5.74, 6) is -0.596. The van der Waals surface area contributed by atoms with Crippen molar-refractivity contribution >= 4 is 11.9 Å². The summed E-state index contributed by atoms with van der Waals surface area (Å²) in [6, 6.07) is 0.0321. The Morgan fingerprint density at radius 3 is 2.47 bits per heavy atom. The van der Waals surface area contributed by atoms with Gasteiger partial charge < -0.3 is 14.8 Å². The summed E-state index contributed by atoms with van der Waals surface area (Å²) >= 11 is 0. The first-order valence-corrected chi connectivity index (χ1v) is 5.99. The molecule has 0 aliphatic rings. The maximum absolute atomic E-state index is 11.2. The molecule has 0 rings (SSSR count). The van der Waals surface area contributed by atoms with Crippen LogP contribution in [-0.2, 0) is 19.1 Å². The van der Waals surface area contributed by atoms with Crippen molar-refractivity contribution in [3.63, 3.8) is 0 Å². The summed E-state index contributed by atoms with van der Waals surface area (Å²) in [4.78, 5) is 22.3. The number of nitrogens with one attached hydrogen (secondary N) is 1. The highest BCUT2D eigenvalue weighted by molar-refractivity contribution is 5.72. The molecule has 5 nitrogen and oxygen atoms in total. The van der Waals surface area contributed by atoms with Gasteiger partial charge >= 0.3 is 11.9 Å². The van der Waals surface area contributed by atoms with Gasteiger partial charge in [-0.1, -0.05) is 6.92 Å². The minimum atomic E-state index is -0.226. The predicted octanol–water partition coefficient (Wildman–Crippen LogP) is 1.12. The fourth-order valence-electron chi connectivity index (χ4n) is 1.36. The van der Waals surface area contributed by atoms with E-state index in [9.17, 15) is 9.59 Å². The molecule has 0 radical (unpaired) electrons. The fraction of sp³-hybridized carbons (Fsp3) is 0.833. The number of hydrogen-bond acceptors (Lipinski definition) is 5. The van der Waals surface area contributed by atoms with Gasteiger partial charge in [0, 0.05) is 12.5 Å². The number of methoxy groups -OCH3 is 1. The minimum Gasteiger partial charge on any atom is -0.469 e. The quantitative estimate of drug-likeness (QED) is 0.513. The van der Waals surface area contributed by atoms with Gasteiger partial charge in [-0.3, -0.25) is 9.59 Å². The molecule has 0 aromatic rings. The number of carbonyl (C=O) groups is 2. The molecule has 0 aliphatic heterocycles. The van der Waals surface area contributed by atoms with E-state index in [0.717, 1.165) is 0 Å².